The van der Waals surface area contributed by atoms with E-state index in [1.165, 1.54) is 10.4 Å². The van der Waals surface area contributed by atoms with E-state index in [4.69, 9.17) is 11.6 Å². The fourth-order valence-corrected chi connectivity index (χ4v) is 2.61. The predicted octanol–water partition coefficient (Wildman–Crippen LogP) is 3.38. The van der Waals surface area contributed by atoms with Crippen molar-refractivity contribution in [3.05, 3.63) is 20.8 Å². The van der Waals surface area contributed by atoms with Crippen LogP contribution in [0.15, 0.2) is 6.07 Å². The van der Waals surface area contributed by atoms with Crippen molar-refractivity contribution in [2.75, 3.05) is 7.05 Å². The van der Waals surface area contributed by atoms with Crippen LogP contribution in [0.4, 0.5) is 0 Å². The molecule has 0 aliphatic carbocycles. The van der Waals surface area contributed by atoms with Gasteiger partial charge in [-0.05, 0) is 32.0 Å². The molecule has 1 N–H and O–H groups in total. The third kappa shape index (κ3) is 2.00. The number of halogens is 1. The van der Waals surface area contributed by atoms with Crippen molar-refractivity contribution in [3.8, 4) is 0 Å². The standard InChI is InChI=1S/C9H14ClNS/c1-4-7(11-3)8-5-6(2)9(10)12-8/h5,7,11H,4H2,1-3H3. The molecule has 1 aromatic rings. The zero-order valence-corrected chi connectivity index (χ0v) is 9.22. The van der Waals surface area contributed by atoms with E-state index in [2.05, 4.69) is 18.3 Å². The quantitative estimate of drug-likeness (QED) is 0.795. The Hall–Kier alpha value is -0.0500. The molecule has 0 bridgehead atoms. The van der Waals surface area contributed by atoms with Crippen LogP contribution in [0, 0.1) is 6.92 Å². The highest BCUT2D eigenvalue weighted by Gasteiger charge is 2.10. The maximum atomic E-state index is 5.98. The summed E-state index contributed by atoms with van der Waals surface area (Å²) < 4.78 is 0.915. The van der Waals surface area contributed by atoms with E-state index in [-0.39, 0.29) is 0 Å². The van der Waals surface area contributed by atoms with Crippen LogP contribution in [0.2, 0.25) is 4.34 Å². The maximum absolute atomic E-state index is 5.98. The van der Waals surface area contributed by atoms with Crippen LogP contribution in [-0.2, 0) is 0 Å². The fraction of sp³-hybridized carbons (Fsp3) is 0.556. The van der Waals surface area contributed by atoms with Gasteiger partial charge in [-0.2, -0.15) is 0 Å². The van der Waals surface area contributed by atoms with Crippen molar-refractivity contribution in [2.45, 2.75) is 26.3 Å². The van der Waals surface area contributed by atoms with Crippen LogP contribution in [0.1, 0.15) is 29.8 Å². The molecule has 1 rings (SSSR count). The van der Waals surface area contributed by atoms with Crippen LogP contribution < -0.4 is 5.32 Å². The summed E-state index contributed by atoms with van der Waals surface area (Å²) in [5, 5.41) is 3.26. The Morgan fingerprint density at radius 2 is 2.33 bits per heavy atom. The number of thiophene rings is 1. The second kappa shape index (κ2) is 4.26. The van der Waals surface area contributed by atoms with Gasteiger partial charge in [0.2, 0.25) is 0 Å². The van der Waals surface area contributed by atoms with Crippen molar-refractivity contribution in [2.24, 2.45) is 0 Å². The average molecular weight is 204 g/mol. The Kier molecular flexibility index (Phi) is 3.56. The van der Waals surface area contributed by atoms with Gasteiger partial charge in [-0.1, -0.05) is 18.5 Å². The minimum absolute atomic E-state index is 0.459. The highest BCUT2D eigenvalue weighted by molar-refractivity contribution is 7.16. The fourth-order valence-electron chi connectivity index (χ4n) is 1.20. The van der Waals surface area contributed by atoms with Gasteiger partial charge in [-0.3, -0.25) is 0 Å². The molecule has 3 heteroatoms. The van der Waals surface area contributed by atoms with Crippen LogP contribution in [-0.4, -0.2) is 7.05 Å². The topological polar surface area (TPSA) is 12.0 Å². The highest BCUT2D eigenvalue weighted by atomic mass is 35.5. The molecule has 1 atom stereocenters. The molecule has 0 aliphatic rings. The van der Waals surface area contributed by atoms with Gasteiger partial charge in [0, 0.05) is 10.9 Å². The van der Waals surface area contributed by atoms with E-state index < -0.39 is 0 Å². The van der Waals surface area contributed by atoms with Gasteiger partial charge in [0.1, 0.15) is 0 Å². The Labute approximate surface area is 82.7 Å². The largest absolute Gasteiger partial charge is 0.312 e. The minimum Gasteiger partial charge on any atom is -0.312 e. The SMILES string of the molecule is CCC(NC)c1cc(C)c(Cl)s1. The molecule has 0 radical (unpaired) electrons. The zero-order chi connectivity index (χ0) is 9.14. The van der Waals surface area contributed by atoms with Crippen molar-refractivity contribution in [1.29, 1.82) is 0 Å². The lowest BCUT2D eigenvalue weighted by atomic mass is 10.2. The van der Waals surface area contributed by atoms with E-state index in [1.807, 2.05) is 14.0 Å². The molecule has 12 heavy (non-hydrogen) atoms. The van der Waals surface area contributed by atoms with Crippen molar-refractivity contribution in [1.82, 2.24) is 5.32 Å². The van der Waals surface area contributed by atoms with Gasteiger partial charge in [-0.25, -0.2) is 0 Å². The molecule has 0 amide bonds. The van der Waals surface area contributed by atoms with Crippen molar-refractivity contribution < 1.29 is 0 Å². The molecule has 0 aliphatic heterocycles. The van der Waals surface area contributed by atoms with Crippen LogP contribution in [0.5, 0.6) is 0 Å². The maximum Gasteiger partial charge on any atom is 0.0960 e. The van der Waals surface area contributed by atoms with E-state index in [9.17, 15) is 0 Å². The average Bonchev–Trinajstić information content (AvgIpc) is 2.35. The number of rotatable bonds is 3. The van der Waals surface area contributed by atoms with Crippen molar-refractivity contribution >= 4 is 22.9 Å². The normalized spacial score (nSPS) is 13.3. The molecule has 68 valence electrons. The Morgan fingerprint density at radius 1 is 1.67 bits per heavy atom. The van der Waals surface area contributed by atoms with E-state index in [0.717, 1.165) is 10.8 Å². The van der Waals surface area contributed by atoms with Gasteiger partial charge >= 0.3 is 0 Å². The summed E-state index contributed by atoms with van der Waals surface area (Å²) in [4.78, 5) is 1.34. The van der Waals surface area contributed by atoms with E-state index in [0.29, 0.717) is 6.04 Å². The molecule has 1 aromatic heterocycles. The predicted molar refractivity (Wildman–Crippen MR) is 56.2 cm³/mol. The van der Waals surface area contributed by atoms with Gasteiger partial charge in [0.15, 0.2) is 0 Å². The number of hydrogen-bond acceptors (Lipinski definition) is 2. The number of nitrogens with one attached hydrogen (secondary N) is 1. The van der Waals surface area contributed by atoms with Gasteiger partial charge in [0.25, 0.3) is 0 Å². The summed E-state index contributed by atoms with van der Waals surface area (Å²) in [6.45, 7) is 4.22. The van der Waals surface area contributed by atoms with Gasteiger partial charge in [-0.15, -0.1) is 11.3 Å². The Morgan fingerprint density at radius 3 is 2.67 bits per heavy atom. The first-order valence-electron chi connectivity index (χ1n) is 4.12. The molecule has 1 unspecified atom stereocenters. The zero-order valence-electron chi connectivity index (χ0n) is 7.65. The number of aryl methyl sites for hydroxylation is 1. The molecule has 1 heterocycles. The first-order chi connectivity index (χ1) is 5.69. The summed E-state index contributed by atoms with van der Waals surface area (Å²) in [7, 11) is 1.98. The lowest BCUT2D eigenvalue weighted by molar-refractivity contribution is 0.586. The molecule has 0 spiro atoms. The molecule has 0 aromatic carbocycles. The first kappa shape index (κ1) is 10.0. The van der Waals surface area contributed by atoms with Crippen molar-refractivity contribution in [3.63, 3.8) is 0 Å². The second-order valence-electron chi connectivity index (χ2n) is 2.85. The Balaban J connectivity index is 2.86. The van der Waals surface area contributed by atoms with Gasteiger partial charge < -0.3 is 5.32 Å². The third-order valence-electron chi connectivity index (χ3n) is 1.98. The lowest BCUT2D eigenvalue weighted by Gasteiger charge is -2.10. The molecular formula is C9H14ClNS. The highest BCUT2D eigenvalue weighted by Crippen LogP contribution is 2.31. The third-order valence-corrected chi connectivity index (χ3v) is 3.65. The smallest absolute Gasteiger partial charge is 0.0960 e. The molecule has 0 saturated heterocycles. The summed E-state index contributed by atoms with van der Waals surface area (Å²) in [6.07, 6.45) is 1.10. The molecule has 0 fully saturated rings. The van der Waals surface area contributed by atoms with Crippen LogP contribution >= 0.6 is 22.9 Å². The van der Waals surface area contributed by atoms with Gasteiger partial charge in [0.05, 0.1) is 4.34 Å². The number of hydrogen-bond donors (Lipinski definition) is 1. The summed E-state index contributed by atoms with van der Waals surface area (Å²) >= 11 is 7.65. The van der Waals surface area contributed by atoms with Crippen LogP contribution in [0.25, 0.3) is 0 Å². The minimum atomic E-state index is 0.459. The summed E-state index contributed by atoms with van der Waals surface area (Å²) in [5.41, 5.74) is 1.19. The summed E-state index contributed by atoms with van der Waals surface area (Å²) in [6, 6.07) is 2.62. The van der Waals surface area contributed by atoms with Crippen LogP contribution in [0.3, 0.4) is 0 Å². The van der Waals surface area contributed by atoms with E-state index >= 15 is 0 Å². The Bertz CT molecular complexity index is 234. The summed E-state index contributed by atoms with van der Waals surface area (Å²) in [5.74, 6) is 0. The molecular weight excluding hydrogens is 190 g/mol. The van der Waals surface area contributed by atoms with E-state index in [1.54, 1.807) is 11.3 Å². The second-order valence-corrected chi connectivity index (χ2v) is 4.54. The monoisotopic (exact) mass is 203 g/mol. The first-order valence-corrected chi connectivity index (χ1v) is 5.31. The molecule has 0 saturated carbocycles. The lowest BCUT2D eigenvalue weighted by Crippen LogP contribution is -2.13. The molecule has 1 nitrogen and oxygen atoms in total.